The van der Waals surface area contributed by atoms with Crippen molar-refractivity contribution in [3.8, 4) is 17.9 Å². The first-order valence-electron chi connectivity index (χ1n) is 7.22. The number of phenolic OH excluding ortho intramolecular Hbond substituents is 1. The summed E-state index contributed by atoms with van der Waals surface area (Å²) in [5, 5.41) is 28.6. The van der Waals surface area contributed by atoms with Crippen LogP contribution >= 0.6 is 0 Å². The second kappa shape index (κ2) is 6.20. The molecule has 1 unspecified atom stereocenters. The number of nitriles is 2. The molecule has 5 nitrogen and oxygen atoms in total. The number of phenols is 1. The van der Waals surface area contributed by atoms with E-state index in [-0.39, 0.29) is 17.2 Å². The van der Waals surface area contributed by atoms with E-state index in [4.69, 9.17) is 10.5 Å². The molecule has 0 radical (unpaired) electrons. The van der Waals surface area contributed by atoms with Crippen LogP contribution in [-0.4, -0.2) is 5.11 Å². The summed E-state index contributed by atoms with van der Waals surface area (Å²) in [4.78, 5) is 0. The maximum atomic E-state index is 9.70. The van der Waals surface area contributed by atoms with Crippen molar-refractivity contribution in [3.05, 3.63) is 82.8 Å². The van der Waals surface area contributed by atoms with Gasteiger partial charge in [-0.1, -0.05) is 42.5 Å². The molecule has 24 heavy (non-hydrogen) atoms. The van der Waals surface area contributed by atoms with Crippen molar-refractivity contribution in [3.63, 3.8) is 0 Å². The molecule has 1 atom stereocenters. The van der Waals surface area contributed by atoms with Gasteiger partial charge in [0.05, 0.1) is 17.6 Å². The Morgan fingerprint density at radius 1 is 0.917 bits per heavy atom. The van der Waals surface area contributed by atoms with Crippen LogP contribution in [0.15, 0.2) is 71.6 Å². The van der Waals surface area contributed by atoms with E-state index in [1.54, 1.807) is 12.1 Å². The SMILES string of the molecule is N#CC1=C(N)OC(c2ccccc2)=C(C#N)C1c1ccc(O)cc1. The van der Waals surface area contributed by atoms with Crippen LogP contribution in [0.3, 0.4) is 0 Å². The Labute approximate surface area is 139 Å². The maximum absolute atomic E-state index is 9.70. The van der Waals surface area contributed by atoms with Gasteiger partial charge >= 0.3 is 0 Å². The molecule has 0 aromatic heterocycles. The van der Waals surface area contributed by atoms with Gasteiger partial charge in [-0.15, -0.1) is 0 Å². The molecule has 0 amide bonds. The second-order valence-corrected chi connectivity index (χ2v) is 5.24. The lowest BCUT2D eigenvalue weighted by molar-refractivity contribution is 0.357. The maximum Gasteiger partial charge on any atom is 0.205 e. The Balaban J connectivity index is 2.22. The molecule has 0 fully saturated rings. The minimum Gasteiger partial charge on any atom is -0.508 e. The molecule has 0 saturated carbocycles. The Morgan fingerprint density at radius 3 is 2.12 bits per heavy atom. The Bertz CT molecular complexity index is 914. The van der Waals surface area contributed by atoms with E-state index < -0.39 is 5.92 Å². The fourth-order valence-corrected chi connectivity index (χ4v) is 2.68. The summed E-state index contributed by atoms with van der Waals surface area (Å²) in [6, 6.07) is 19.7. The van der Waals surface area contributed by atoms with Gasteiger partial charge in [0.2, 0.25) is 5.88 Å². The Kier molecular flexibility index (Phi) is 3.93. The van der Waals surface area contributed by atoms with Crippen LogP contribution in [0.5, 0.6) is 5.75 Å². The van der Waals surface area contributed by atoms with Crippen molar-refractivity contribution in [2.24, 2.45) is 5.73 Å². The number of rotatable bonds is 2. The molecule has 0 spiro atoms. The molecule has 1 aliphatic heterocycles. The fraction of sp³-hybridized carbons (Fsp3) is 0.0526. The second-order valence-electron chi connectivity index (χ2n) is 5.24. The first-order valence-corrected chi connectivity index (χ1v) is 7.22. The van der Waals surface area contributed by atoms with Crippen molar-refractivity contribution < 1.29 is 9.84 Å². The van der Waals surface area contributed by atoms with Crippen molar-refractivity contribution in [1.82, 2.24) is 0 Å². The predicted octanol–water partition coefficient (Wildman–Crippen LogP) is 3.13. The minimum absolute atomic E-state index is 0.0200. The monoisotopic (exact) mass is 315 g/mol. The first-order chi connectivity index (χ1) is 11.7. The fourth-order valence-electron chi connectivity index (χ4n) is 2.68. The van der Waals surface area contributed by atoms with Gasteiger partial charge in [0.25, 0.3) is 0 Å². The molecule has 1 heterocycles. The van der Waals surface area contributed by atoms with E-state index in [0.29, 0.717) is 22.5 Å². The zero-order valence-corrected chi connectivity index (χ0v) is 12.6. The van der Waals surface area contributed by atoms with E-state index in [0.717, 1.165) is 0 Å². The molecular weight excluding hydrogens is 302 g/mol. The Morgan fingerprint density at radius 2 is 1.54 bits per heavy atom. The lowest BCUT2D eigenvalue weighted by atomic mass is 9.82. The van der Waals surface area contributed by atoms with E-state index in [1.165, 1.54) is 12.1 Å². The van der Waals surface area contributed by atoms with Gasteiger partial charge in [-0.3, -0.25) is 0 Å². The number of allylic oxidation sites excluding steroid dienone is 2. The predicted molar refractivity (Wildman–Crippen MR) is 87.7 cm³/mol. The number of ether oxygens (including phenoxy) is 1. The molecule has 2 aromatic carbocycles. The lowest BCUT2D eigenvalue weighted by Gasteiger charge is -2.26. The highest BCUT2D eigenvalue weighted by molar-refractivity contribution is 5.73. The summed E-state index contributed by atoms with van der Waals surface area (Å²) in [5.41, 5.74) is 7.80. The molecule has 3 rings (SSSR count). The summed E-state index contributed by atoms with van der Waals surface area (Å²) >= 11 is 0. The largest absolute Gasteiger partial charge is 0.508 e. The Hall–Kier alpha value is -3.70. The average Bonchev–Trinajstić information content (AvgIpc) is 2.62. The van der Waals surface area contributed by atoms with Gasteiger partial charge < -0.3 is 15.6 Å². The van der Waals surface area contributed by atoms with E-state index >= 15 is 0 Å². The van der Waals surface area contributed by atoms with Crippen molar-refractivity contribution in [2.75, 3.05) is 0 Å². The van der Waals surface area contributed by atoms with Gasteiger partial charge in [0, 0.05) is 5.56 Å². The standard InChI is InChI=1S/C19H13N3O2/c20-10-15-17(12-6-8-14(23)9-7-12)16(11-21)19(22)24-18(15)13-4-2-1-3-5-13/h1-9,17,23H,22H2. The first kappa shape index (κ1) is 15.2. The topological polar surface area (TPSA) is 103 Å². The van der Waals surface area contributed by atoms with Crippen LogP contribution in [0.2, 0.25) is 0 Å². The van der Waals surface area contributed by atoms with Crippen LogP contribution < -0.4 is 5.73 Å². The average molecular weight is 315 g/mol. The highest BCUT2D eigenvalue weighted by atomic mass is 16.5. The van der Waals surface area contributed by atoms with Crippen LogP contribution in [0.1, 0.15) is 17.0 Å². The molecule has 3 N–H and O–H groups in total. The number of hydrogen-bond donors (Lipinski definition) is 2. The normalized spacial score (nSPS) is 17.0. The van der Waals surface area contributed by atoms with Crippen LogP contribution in [-0.2, 0) is 4.74 Å². The van der Waals surface area contributed by atoms with Crippen LogP contribution in [0, 0.1) is 22.7 Å². The van der Waals surface area contributed by atoms with Gasteiger partial charge in [-0.25, -0.2) is 0 Å². The quantitative estimate of drug-likeness (QED) is 0.886. The highest BCUT2D eigenvalue weighted by Crippen LogP contribution is 2.41. The third-order valence-corrected chi connectivity index (χ3v) is 3.80. The lowest BCUT2D eigenvalue weighted by Crippen LogP contribution is -2.20. The molecule has 0 aliphatic carbocycles. The molecule has 116 valence electrons. The van der Waals surface area contributed by atoms with Crippen LogP contribution in [0.25, 0.3) is 5.76 Å². The van der Waals surface area contributed by atoms with Gasteiger partial charge in [-0.05, 0) is 17.7 Å². The number of benzene rings is 2. The third-order valence-electron chi connectivity index (χ3n) is 3.80. The summed E-state index contributed by atoms with van der Waals surface area (Å²) in [6.07, 6.45) is 0. The van der Waals surface area contributed by atoms with E-state index in [2.05, 4.69) is 6.07 Å². The molecular formula is C19H13N3O2. The van der Waals surface area contributed by atoms with Crippen LogP contribution in [0.4, 0.5) is 0 Å². The smallest absolute Gasteiger partial charge is 0.205 e. The molecule has 2 aromatic rings. The van der Waals surface area contributed by atoms with Crippen molar-refractivity contribution in [1.29, 1.82) is 10.5 Å². The van der Waals surface area contributed by atoms with E-state index in [1.807, 2.05) is 36.4 Å². The third kappa shape index (κ3) is 2.55. The number of hydrogen-bond acceptors (Lipinski definition) is 5. The highest BCUT2D eigenvalue weighted by Gasteiger charge is 2.33. The summed E-state index contributed by atoms with van der Waals surface area (Å²) < 4.78 is 5.60. The number of aromatic hydroxyl groups is 1. The minimum atomic E-state index is -0.635. The molecule has 0 saturated heterocycles. The zero-order valence-electron chi connectivity index (χ0n) is 12.6. The van der Waals surface area contributed by atoms with Gasteiger partial charge in [-0.2, -0.15) is 10.5 Å². The van der Waals surface area contributed by atoms with Crippen molar-refractivity contribution in [2.45, 2.75) is 5.92 Å². The van der Waals surface area contributed by atoms with Gasteiger partial charge in [0.15, 0.2) is 5.76 Å². The summed E-state index contributed by atoms with van der Waals surface area (Å²) in [6.45, 7) is 0. The zero-order chi connectivity index (χ0) is 17.1. The molecule has 0 bridgehead atoms. The van der Waals surface area contributed by atoms with Gasteiger partial charge in [0.1, 0.15) is 17.4 Å². The summed E-state index contributed by atoms with van der Waals surface area (Å²) in [5.74, 6) is -0.210. The molecule has 5 heteroatoms. The van der Waals surface area contributed by atoms with E-state index in [9.17, 15) is 15.6 Å². The number of nitrogens with zero attached hydrogens (tertiary/aromatic N) is 2. The number of nitrogens with two attached hydrogens (primary N) is 1. The summed E-state index contributed by atoms with van der Waals surface area (Å²) in [7, 11) is 0. The van der Waals surface area contributed by atoms with Crippen molar-refractivity contribution >= 4 is 5.76 Å². The molecule has 1 aliphatic rings.